The number of halogens is 3. The average Bonchev–Trinajstić information content (AvgIpc) is 3.22. The maximum atomic E-state index is 12.5. The third kappa shape index (κ3) is 4.47. The maximum absolute atomic E-state index is 12.5. The molecule has 20 heavy (non-hydrogen) atoms. The Labute approximate surface area is 117 Å². The van der Waals surface area contributed by atoms with E-state index in [1.54, 1.807) is 0 Å². The van der Waals surface area contributed by atoms with Gasteiger partial charge in [0.2, 0.25) is 0 Å². The summed E-state index contributed by atoms with van der Waals surface area (Å²) >= 11 is 0. The van der Waals surface area contributed by atoms with Crippen molar-refractivity contribution < 1.29 is 13.2 Å². The second kappa shape index (κ2) is 6.57. The number of hydrogen-bond donors (Lipinski definition) is 1. The van der Waals surface area contributed by atoms with Crippen LogP contribution in [0.2, 0.25) is 0 Å². The van der Waals surface area contributed by atoms with Gasteiger partial charge in [-0.2, -0.15) is 13.2 Å². The summed E-state index contributed by atoms with van der Waals surface area (Å²) in [4.78, 5) is 4.01. The Bertz CT molecular complexity index is 410. The molecule has 1 fully saturated rings. The van der Waals surface area contributed by atoms with E-state index in [0.29, 0.717) is 5.69 Å². The van der Waals surface area contributed by atoms with Crippen LogP contribution >= 0.6 is 0 Å². The molecule has 2 nitrogen and oxygen atoms in total. The van der Waals surface area contributed by atoms with E-state index in [9.17, 15) is 13.2 Å². The Morgan fingerprint density at radius 1 is 1.35 bits per heavy atom. The van der Waals surface area contributed by atoms with Crippen LogP contribution in [0.3, 0.4) is 0 Å². The molecule has 1 unspecified atom stereocenters. The molecule has 1 atom stereocenters. The van der Waals surface area contributed by atoms with Crippen LogP contribution in [0.15, 0.2) is 18.3 Å². The Morgan fingerprint density at radius 2 is 2.10 bits per heavy atom. The lowest BCUT2D eigenvalue weighted by Gasteiger charge is -2.18. The molecule has 1 aliphatic rings. The highest BCUT2D eigenvalue weighted by Crippen LogP contribution is 2.36. The van der Waals surface area contributed by atoms with Crippen molar-refractivity contribution in [3.05, 3.63) is 29.6 Å². The van der Waals surface area contributed by atoms with Gasteiger partial charge in [0, 0.05) is 12.2 Å². The molecule has 1 saturated carbocycles. The minimum atomic E-state index is -4.31. The molecule has 1 aromatic heterocycles. The Hall–Kier alpha value is -1.10. The number of nitrogens with zero attached hydrogens (tertiary/aromatic N) is 1. The summed E-state index contributed by atoms with van der Waals surface area (Å²) in [5.41, 5.74) is 0.0322. The smallest absolute Gasteiger partial charge is 0.309 e. The fraction of sp³-hybridized carbons (Fsp3) is 0.667. The quantitative estimate of drug-likeness (QED) is 0.807. The van der Waals surface area contributed by atoms with Crippen molar-refractivity contribution in [1.29, 1.82) is 0 Å². The first-order valence-electron chi connectivity index (χ1n) is 7.27. The first-order chi connectivity index (χ1) is 9.50. The van der Waals surface area contributed by atoms with Crippen LogP contribution in [0.4, 0.5) is 13.2 Å². The van der Waals surface area contributed by atoms with E-state index >= 15 is 0 Å². The normalized spacial score (nSPS) is 17.2. The van der Waals surface area contributed by atoms with Crippen LogP contribution in [0.1, 0.15) is 56.3 Å². The Morgan fingerprint density at radius 3 is 2.60 bits per heavy atom. The number of hydrogen-bond acceptors (Lipinski definition) is 2. The van der Waals surface area contributed by atoms with Gasteiger partial charge in [-0.15, -0.1) is 0 Å². The minimum Gasteiger partial charge on any atom is -0.309 e. The SMILES string of the molecule is CCCNC(CCC1CC1)c1ccc(C(F)(F)F)cn1. The highest BCUT2D eigenvalue weighted by Gasteiger charge is 2.31. The van der Waals surface area contributed by atoms with E-state index in [1.165, 1.54) is 18.9 Å². The first-order valence-corrected chi connectivity index (χ1v) is 7.27. The zero-order valence-corrected chi connectivity index (χ0v) is 11.7. The second-order valence-corrected chi connectivity index (χ2v) is 5.50. The Kier molecular flexibility index (Phi) is 5.02. The molecule has 0 saturated heterocycles. The molecule has 0 amide bonds. The number of alkyl halides is 3. The molecule has 1 aromatic rings. The van der Waals surface area contributed by atoms with Crippen molar-refractivity contribution in [2.75, 3.05) is 6.54 Å². The van der Waals surface area contributed by atoms with Crippen LogP contribution < -0.4 is 5.32 Å². The maximum Gasteiger partial charge on any atom is 0.417 e. The van der Waals surface area contributed by atoms with Crippen LogP contribution in [0.25, 0.3) is 0 Å². The van der Waals surface area contributed by atoms with Crippen LogP contribution in [0.5, 0.6) is 0 Å². The first kappa shape index (κ1) is 15.3. The zero-order chi connectivity index (χ0) is 14.6. The monoisotopic (exact) mass is 286 g/mol. The van der Waals surface area contributed by atoms with Crippen LogP contribution in [0, 0.1) is 5.92 Å². The van der Waals surface area contributed by atoms with Crippen molar-refractivity contribution in [3.63, 3.8) is 0 Å². The lowest BCUT2D eigenvalue weighted by Crippen LogP contribution is -2.23. The Balaban J connectivity index is 2.02. The van der Waals surface area contributed by atoms with Crippen LogP contribution in [-0.4, -0.2) is 11.5 Å². The van der Waals surface area contributed by atoms with E-state index in [2.05, 4.69) is 17.2 Å². The van der Waals surface area contributed by atoms with Gasteiger partial charge in [-0.3, -0.25) is 4.98 Å². The molecule has 1 N–H and O–H groups in total. The molecular formula is C15H21F3N2. The summed E-state index contributed by atoms with van der Waals surface area (Å²) in [6, 6.07) is 2.70. The highest BCUT2D eigenvalue weighted by molar-refractivity contribution is 5.19. The summed E-state index contributed by atoms with van der Waals surface area (Å²) in [6.45, 7) is 2.93. The van der Waals surface area contributed by atoms with Crippen molar-refractivity contribution in [3.8, 4) is 0 Å². The molecule has 112 valence electrons. The van der Waals surface area contributed by atoms with E-state index in [-0.39, 0.29) is 6.04 Å². The van der Waals surface area contributed by atoms with Gasteiger partial charge >= 0.3 is 6.18 Å². The molecule has 0 spiro atoms. The van der Waals surface area contributed by atoms with Crippen molar-refractivity contribution in [2.24, 2.45) is 5.92 Å². The predicted molar refractivity (Wildman–Crippen MR) is 72.2 cm³/mol. The van der Waals surface area contributed by atoms with Gasteiger partial charge in [0.15, 0.2) is 0 Å². The number of nitrogens with one attached hydrogen (secondary N) is 1. The van der Waals surface area contributed by atoms with Crippen molar-refractivity contribution >= 4 is 0 Å². The van der Waals surface area contributed by atoms with Gasteiger partial charge in [-0.05, 0) is 43.9 Å². The summed E-state index contributed by atoms with van der Waals surface area (Å²) < 4.78 is 37.6. The highest BCUT2D eigenvalue weighted by atomic mass is 19.4. The van der Waals surface area contributed by atoms with Crippen molar-refractivity contribution in [1.82, 2.24) is 10.3 Å². The third-order valence-electron chi connectivity index (χ3n) is 3.67. The minimum absolute atomic E-state index is 0.0674. The van der Waals surface area contributed by atoms with Gasteiger partial charge in [0.1, 0.15) is 0 Å². The van der Waals surface area contributed by atoms with E-state index in [4.69, 9.17) is 0 Å². The lowest BCUT2D eigenvalue weighted by molar-refractivity contribution is -0.137. The number of rotatable bonds is 7. The van der Waals surface area contributed by atoms with Gasteiger partial charge in [-0.1, -0.05) is 19.8 Å². The van der Waals surface area contributed by atoms with E-state index in [0.717, 1.165) is 44.0 Å². The second-order valence-electron chi connectivity index (χ2n) is 5.50. The van der Waals surface area contributed by atoms with Gasteiger partial charge in [0.05, 0.1) is 11.3 Å². The number of pyridine rings is 1. The van der Waals surface area contributed by atoms with Gasteiger partial charge in [-0.25, -0.2) is 0 Å². The lowest BCUT2D eigenvalue weighted by atomic mass is 10.0. The molecule has 1 aliphatic carbocycles. The molecule has 2 rings (SSSR count). The summed E-state index contributed by atoms with van der Waals surface area (Å²) in [6.07, 6.45) is 2.29. The largest absolute Gasteiger partial charge is 0.417 e. The number of aromatic nitrogens is 1. The summed E-state index contributed by atoms with van der Waals surface area (Å²) in [7, 11) is 0. The van der Waals surface area contributed by atoms with E-state index in [1.807, 2.05) is 0 Å². The third-order valence-corrected chi connectivity index (χ3v) is 3.67. The molecule has 0 aromatic carbocycles. The predicted octanol–water partition coefficient (Wildman–Crippen LogP) is 4.33. The molecular weight excluding hydrogens is 265 g/mol. The van der Waals surface area contributed by atoms with Gasteiger partial charge < -0.3 is 5.32 Å². The standard InChI is InChI=1S/C15H21F3N2/c1-2-9-19-13(7-5-11-3-4-11)14-8-6-12(10-20-14)15(16,17)18/h6,8,10-11,13,19H,2-5,7,9H2,1H3. The van der Waals surface area contributed by atoms with E-state index < -0.39 is 11.7 Å². The topological polar surface area (TPSA) is 24.9 Å². The van der Waals surface area contributed by atoms with Gasteiger partial charge in [0.25, 0.3) is 0 Å². The molecule has 0 radical (unpaired) electrons. The zero-order valence-electron chi connectivity index (χ0n) is 11.7. The summed E-state index contributed by atoms with van der Waals surface area (Å²) in [5.74, 6) is 0.815. The molecule has 0 aliphatic heterocycles. The van der Waals surface area contributed by atoms with Crippen LogP contribution in [-0.2, 0) is 6.18 Å². The fourth-order valence-corrected chi connectivity index (χ4v) is 2.26. The molecule has 5 heteroatoms. The fourth-order valence-electron chi connectivity index (χ4n) is 2.26. The molecule has 1 heterocycles. The average molecular weight is 286 g/mol. The summed E-state index contributed by atoms with van der Waals surface area (Å²) in [5, 5.41) is 3.38. The molecule has 0 bridgehead atoms. The van der Waals surface area contributed by atoms with Crippen molar-refractivity contribution in [2.45, 2.75) is 51.2 Å².